The van der Waals surface area contributed by atoms with Crippen molar-refractivity contribution in [2.45, 2.75) is 19.3 Å². The maximum Gasteiger partial charge on any atom is 0.101 e. The van der Waals surface area contributed by atoms with E-state index in [1.807, 2.05) is 30.1 Å². The minimum atomic E-state index is -1.46. The molecule has 4 nitrogen and oxygen atoms in total. The molecule has 0 unspecified atom stereocenters. The number of rotatable bonds is 2. The Balaban J connectivity index is 2.51. The number of nitrogens with zero attached hydrogens (tertiary/aromatic N) is 2. The Kier molecular flexibility index (Phi) is 3.37. The Morgan fingerprint density at radius 1 is 1.40 bits per heavy atom. The van der Waals surface area contributed by atoms with Crippen LogP contribution in [0.1, 0.15) is 19.4 Å². The van der Waals surface area contributed by atoms with E-state index in [1.54, 1.807) is 12.1 Å². The van der Waals surface area contributed by atoms with Crippen molar-refractivity contribution in [3.63, 3.8) is 0 Å². The van der Waals surface area contributed by atoms with E-state index in [4.69, 9.17) is 5.26 Å². The van der Waals surface area contributed by atoms with Gasteiger partial charge in [-0.25, -0.2) is 0 Å². The van der Waals surface area contributed by atoms with Crippen molar-refractivity contribution in [1.82, 2.24) is 0 Å². The largest absolute Gasteiger partial charge is 0.544 e. The number of para-hydroxylation sites is 1. The molecule has 4 heteroatoms. The van der Waals surface area contributed by atoms with Crippen LogP contribution in [0.5, 0.6) is 0 Å². The first kappa shape index (κ1) is 13.9. The topological polar surface area (TPSA) is 67.2 Å². The second-order valence-electron chi connectivity index (χ2n) is 5.23. The summed E-state index contributed by atoms with van der Waals surface area (Å²) >= 11 is 0. The van der Waals surface area contributed by atoms with E-state index in [2.05, 4.69) is 19.9 Å². The average molecular weight is 267 g/mol. The van der Waals surface area contributed by atoms with Crippen LogP contribution < -0.4 is 10.0 Å². The van der Waals surface area contributed by atoms with Crippen molar-refractivity contribution in [3.8, 4) is 6.07 Å². The second kappa shape index (κ2) is 4.86. The summed E-state index contributed by atoms with van der Waals surface area (Å²) in [7, 11) is 1.93. The van der Waals surface area contributed by atoms with Crippen LogP contribution in [0.4, 0.5) is 5.69 Å². The molecule has 0 bridgehead atoms. The van der Waals surface area contributed by atoms with Crippen LogP contribution in [-0.4, -0.2) is 13.0 Å². The lowest BCUT2D eigenvalue weighted by Gasteiger charge is -2.23. The first-order valence-electron chi connectivity index (χ1n) is 6.26. The summed E-state index contributed by atoms with van der Waals surface area (Å²) in [6, 6.07) is 9.65. The molecule has 0 aliphatic carbocycles. The summed E-state index contributed by atoms with van der Waals surface area (Å²) < 4.78 is 0. The van der Waals surface area contributed by atoms with E-state index in [0.717, 1.165) is 11.4 Å². The van der Waals surface area contributed by atoms with Gasteiger partial charge in [0.15, 0.2) is 0 Å². The van der Waals surface area contributed by atoms with Crippen molar-refractivity contribution in [3.05, 3.63) is 53.3 Å². The predicted octanol–water partition coefficient (Wildman–Crippen LogP) is 1.50. The lowest BCUT2D eigenvalue weighted by atomic mass is 9.83. The molecule has 0 saturated heterocycles. The minimum Gasteiger partial charge on any atom is -0.544 e. The number of hydrogen-bond donors (Lipinski definition) is 0. The van der Waals surface area contributed by atoms with Crippen molar-refractivity contribution >= 4 is 11.7 Å². The summed E-state index contributed by atoms with van der Waals surface area (Å²) in [4.78, 5) is 12.8. The molecule has 0 aromatic heterocycles. The molecule has 0 atom stereocenters. The molecule has 20 heavy (non-hydrogen) atoms. The molecule has 0 amide bonds. The smallest absolute Gasteiger partial charge is 0.101 e. The summed E-state index contributed by atoms with van der Waals surface area (Å²) in [6.45, 7) is 4.14. The molecule has 2 rings (SSSR count). The molecule has 1 heterocycles. The Morgan fingerprint density at radius 3 is 2.60 bits per heavy atom. The average Bonchev–Trinajstić information content (AvgIpc) is 2.60. The Hall–Kier alpha value is -2.54. The fraction of sp³-hybridized carbons (Fsp3) is 0.250. The summed E-state index contributed by atoms with van der Waals surface area (Å²) in [6.07, 6.45) is 2.98. The van der Waals surface area contributed by atoms with Gasteiger partial charge in [-0.1, -0.05) is 32.0 Å². The van der Waals surface area contributed by atoms with Gasteiger partial charge in [-0.3, -0.25) is 0 Å². The molecule has 0 fully saturated rings. The second-order valence-corrected chi connectivity index (χ2v) is 5.23. The van der Waals surface area contributed by atoms with Gasteiger partial charge in [0.05, 0.1) is 11.5 Å². The lowest BCUT2D eigenvalue weighted by molar-refractivity contribution is -0.298. The number of hydrogen-bond acceptors (Lipinski definition) is 4. The SMILES string of the molecule is CN1/C(=C\C=C(/C#N)C(=O)[O-])C(C)(C)c2ccccc21. The Bertz CT molecular complexity index is 663. The number of benzene rings is 1. The third kappa shape index (κ3) is 2.08. The lowest BCUT2D eigenvalue weighted by Crippen LogP contribution is -2.24. The van der Waals surface area contributed by atoms with Crippen LogP contribution in [0.2, 0.25) is 0 Å². The van der Waals surface area contributed by atoms with E-state index in [-0.39, 0.29) is 11.0 Å². The molecular formula is C16H15N2O2-. The van der Waals surface area contributed by atoms with Gasteiger partial charge in [0, 0.05) is 23.8 Å². The van der Waals surface area contributed by atoms with Gasteiger partial charge in [-0.15, -0.1) is 0 Å². The van der Waals surface area contributed by atoms with Crippen molar-refractivity contribution in [2.75, 3.05) is 11.9 Å². The maximum atomic E-state index is 10.8. The molecular weight excluding hydrogens is 252 g/mol. The van der Waals surface area contributed by atoms with Crippen molar-refractivity contribution in [1.29, 1.82) is 5.26 Å². The molecule has 102 valence electrons. The fourth-order valence-corrected chi connectivity index (χ4v) is 2.61. The molecule has 0 spiro atoms. The van der Waals surface area contributed by atoms with E-state index >= 15 is 0 Å². The fourth-order valence-electron chi connectivity index (χ4n) is 2.61. The molecule has 1 aliphatic rings. The predicted molar refractivity (Wildman–Crippen MR) is 74.7 cm³/mol. The standard InChI is InChI=1S/C16H16N2O2/c1-16(2)12-6-4-5-7-13(12)18(3)14(16)9-8-11(10-17)15(19)20/h4-9H,1-3H3,(H,19,20)/p-1/b11-8+,14-9-. The number of carboxylic acids is 1. The maximum absolute atomic E-state index is 10.8. The normalized spacial score (nSPS) is 18.8. The molecule has 0 N–H and O–H groups in total. The minimum absolute atomic E-state index is 0.242. The highest BCUT2D eigenvalue weighted by atomic mass is 16.4. The first-order chi connectivity index (χ1) is 9.39. The Morgan fingerprint density at radius 2 is 2.05 bits per heavy atom. The molecule has 0 radical (unpaired) electrons. The van der Waals surface area contributed by atoms with Crippen LogP contribution in [-0.2, 0) is 10.2 Å². The molecule has 1 aromatic rings. The molecule has 1 aliphatic heterocycles. The van der Waals surface area contributed by atoms with E-state index in [1.165, 1.54) is 11.6 Å². The number of carbonyl (C=O) groups is 1. The van der Waals surface area contributed by atoms with Gasteiger partial charge in [-0.2, -0.15) is 5.26 Å². The van der Waals surface area contributed by atoms with Gasteiger partial charge < -0.3 is 14.8 Å². The molecule has 1 aromatic carbocycles. The number of fused-ring (bicyclic) bond motifs is 1. The first-order valence-corrected chi connectivity index (χ1v) is 6.26. The van der Waals surface area contributed by atoms with E-state index in [9.17, 15) is 9.90 Å². The summed E-state index contributed by atoms with van der Waals surface area (Å²) in [5.74, 6) is -1.46. The van der Waals surface area contributed by atoms with Crippen molar-refractivity contribution < 1.29 is 9.90 Å². The zero-order chi connectivity index (χ0) is 14.9. The van der Waals surface area contributed by atoms with Gasteiger partial charge in [-0.05, 0) is 23.8 Å². The van der Waals surface area contributed by atoms with Crippen LogP contribution in [0.15, 0.2) is 47.7 Å². The highest BCUT2D eigenvalue weighted by molar-refractivity contribution is 5.89. The van der Waals surface area contributed by atoms with Crippen LogP contribution in [0, 0.1) is 11.3 Å². The third-order valence-electron chi connectivity index (χ3n) is 3.69. The number of aliphatic carboxylic acids is 1. The Labute approximate surface area is 118 Å². The highest BCUT2D eigenvalue weighted by Crippen LogP contribution is 2.46. The number of carbonyl (C=O) groups excluding carboxylic acids is 1. The third-order valence-corrected chi connectivity index (χ3v) is 3.69. The number of allylic oxidation sites excluding steroid dienone is 3. The zero-order valence-corrected chi connectivity index (χ0v) is 11.7. The van der Waals surface area contributed by atoms with E-state index in [0.29, 0.717) is 0 Å². The van der Waals surface area contributed by atoms with Gasteiger partial charge in [0.1, 0.15) is 6.07 Å². The van der Waals surface area contributed by atoms with Crippen LogP contribution >= 0.6 is 0 Å². The number of carboxylic acid groups (broad SMARTS) is 1. The summed E-state index contributed by atoms with van der Waals surface area (Å²) in [5.41, 5.74) is 2.58. The quantitative estimate of drug-likeness (QED) is 0.601. The van der Waals surface area contributed by atoms with Gasteiger partial charge in [0.2, 0.25) is 0 Å². The zero-order valence-electron chi connectivity index (χ0n) is 11.7. The van der Waals surface area contributed by atoms with Crippen LogP contribution in [0.25, 0.3) is 0 Å². The molecule has 0 saturated carbocycles. The number of nitriles is 1. The summed E-state index contributed by atoms with van der Waals surface area (Å²) in [5, 5.41) is 19.5. The van der Waals surface area contributed by atoms with E-state index < -0.39 is 5.97 Å². The highest BCUT2D eigenvalue weighted by Gasteiger charge is 2.37. The van der Waals surface area contributed by atoms with Crippen molar-refractivity contribution in [2.24, 2.45) is 0 Å². The monoisotopic (exact) mass is 267 g/mol. The van der Waals surface area contributed by atoms with Gasteiger partial charge >= 0.3 is 0 Å². The van der Waals surface area contributed by atoms with Gasteiger partial charge in [0.25, 0.3) is 0 Å². The number of anilines is 1. The number of likely N-dealkylation sites (N-methyl/N-ethyl adjacent to an activating group) is 1. The van der Waals surface area contributed by atoms with Crippen LogP contribution in [0.3, 0.4) is 0 Å².